The Hall–Kier alpha value is -5.20. The van der Waals surface area contributed by atoms with Crippen LogP contribution in [0, 0.1) is 18.8 Å². The molecule has 0 bridgehead atoms. The fourth-order valence-corrected chi connectivity index (χ4v) is 8.94. The summed E-state index contributed by atoms with van der Waals surface area (Å²) in [6, 6.07) is 8.65. The van der Waals surface area contributed by atoms with E-state index in [4.69, 9.17) is 18.9 Å². The van der Waals surface area contributed by atoms with Crippen LogP contribution >= 0.6 is 0 Å². The lowest BCUT2D eigenvalue weighted by Crippen LogP contribution is -2.61. The van der Waals surface area contributed by atoms with Gasteiger partial charge in [-0.15, -0.1) is 0 Å². The number of ether oxygens (including phenoxy) is 1. The molecule has 8 atom stereocenters. The van der Waals surface area contributed by atoms with Crippen LogP contribution in [0.3, 0.4) is 0 Å². The second-order valence-corrected chi connectivity index (χ2v) is 15.8. The minimum atomic E-state index is -2.41. The number of H-pyrrole nitrogens is 2. The second-order valence-electron chi connectivity index (χ2n) is 15.8. The number of hydrogen-bond donors (Lipinski definition) is 8. The van der Waals surface area contributed by atoms with Crippen LogP contribution in [0.15, 0.2) is 82.7 Å². The molecule has 16 nitrogen and oxygen atoms in total. The molecule has 57 heavy (non-hydrogen) atoms. The highest BCUT2D eigenvalue weighted by atomic mass is 17.2. The molecule has 6 aromatic rings. The average molecular weight is 784 g/mol. The summed E-state index contributed by atoms with van der Waals surface area (Å²) in [5, 5.41) is 58.8. The van der Waals surface area contributed by atoms with Crippen molar-refractivity contribution < 1.29 is 49.3 Å². The van der Waals surface area contributed by atoms with Crippen LogP contribution in [0.25, 0.3) is 38.6 Å². The molecule has 3 aliphatic rings. The summed E-state index contributed by atoms with van der Waals surface area (Å²) in [5.74, 6) is 0.859. The van der Waals surface area contributed by atoms with E-state index in [9.17, 15) is 35.1 Å². The van der Waals surface area contributed by atoms with Crippen molar-refractivity contribution in [3.63, 3.8) is 0 Å². The van der Waals surface area contributed by atoms with E-state index in [1.54, 1.807) is 42.1 Å². The van der Waals surface area contributed by atoms with Gasteiger partial charge in [-0.25, -0.2) is 9.78 Å². The summed E-state index contributed by atoms with van der Waals surface area (Å²) < 4.78 is 16.9. The van der Waals surface area contributed by atoms with Gasteiger partial charge in [0.15, 0.2) is 16.8 Å². The fourth-order valence-electron chi connectivity index (χ4n) is 8.94. The molecule has 1 amide bonds. The van der Waals surface area contributed by atoms with Crippen LogP contribution in [0.1, 0.15) is 30.6 Å². The van der Waals surface area contributed by atoms with Crippen LogP contribution in [-0.2, 0) is 27.5 Å². The number of benzene rings is 1. The van der Waals surface area contributed by atoms with E-state index in [0.29, 0.717) is 65.1 Å². The number of nitrogens with one attached hydrogen (secondary N) is 3. The van der Waals surface area contributed by atoms with Gasteiger partial charge in [-0.05, 0) is 49.4 Å². The molecular weight excluding hydrogens is 738 g/mol. The molecule has 1 saturated heterocycles. The third-order valence-electron chi connectivity index (χ3n) is 12.1. The Morgan fingerprint density at radius 2 is 1.89 bits per heavy atom. The third-order valence-corrected chi connectivity index (χ3v) is 12.1. The standard InChI is InChI=1S/C41H45N5O11/c1-22-11-31(48)27-12-25-13-34(57-54-20-33(50)41(53,39(52)32(49)19-47)21-45-10-6-28-30(45)5-9-42-28)40(7-2-3-23(15-40)26-14-35(51)44-16-26)56-37(25)36(38(27)55-22)46-17-24-4-8-43-29(24)18-46/h2-6,8-12,17-18,23,26,32-34,39,42-43,47,49-50,52-53H,7,13-16,19-21H2,1H3,(H,44,51). The van der Waals surface area contributed by atoms with Gasteiger partial charge in [0.2, 0.25) is 5.91 Å². The molecule has 1 aliphatic carbocycles. The van der Waals surface area contributed by atoms with Gasteiger partial charge >= 0.3 is 0 Å². The molecule has 8 unspecified atom stereocenters. The maximum absolute atomic E-state index is 13.5. The smallest absolute Gasteiger partial charge is 0.220 e. The van der Waals surface area contributed by atoms with Crippen molar-refractivity contribution in [2.24, 2.45) is 11.8 Å². The molecule has 9 rings (SSSR count). The van der Waals surface area contributed by atoms with Crippen molar-refractivity contribution in [2.45, 2.75) is 74.8 Å². The Bertz CT molecular complexity index is 2520. The van der Waals surface area contributed by atoms with Crippen molar-refractivity contribution >= 4 is 38.8 Å². The first kappa shape index (κ1) is 37.4. The zero-order valence-corrected chi connectivity index (χ0v) is 31.1. The molecule has 300 valence electrons. The van der Waals surface area contributed by atoms with Gasteiger partial charge in [-0.3, -0.25) is 9.59 Å². The minimum Gasteiger partial charge on any atom is -0.481 e. The molecule has 2 aliphatic heterocycles. The first-order valence-electron chi connectivity index (χ1n) is 19.1. The van der Waals surface area contributed by atoms with Crippen molar-refractivity contribution in [3.8, 4) is 11.4 Å². The van der Waals surface area contributed by atoms with Crippen LogP contribution in [0.5, 0.6) is 5.75 Å². The molecule has 16 heteroatoms. The molecule has 5 aromatic heterocycles. The van der Waals surface area contributed by atoms with Crippen LogP contribution in [-0.4, -0.2) is 106 Å². The molecule has 0 radical (unpaired) electrons. The average Bonchev–Trinajstić information content (AvgIpc) is 4.04. The molecule has 1 spiro atoms. The Morgan fingerprint density at radius 3 is 2.68 bits per heavy atom. The lowest BCUT2D eigenvalue weighted by atomic mass is 9.71. The summed E-state index contributed by atoms with van der Waals surface area (Å²) >= 11 is 0. The zero-order chi connectivity index (χ0) is 39.6. The van der Waals surface area contributed by atoms with Crippen molar-refractivity contribution in [3.05, 3.63) is 95.0 Å². The number of aryl methyl sites for hydroxylation is 1. The quantitative estimate of drug-likeness (QED) is 0.0510. The minimum absolute atomic E-state index is 0.0102. The first-order chi connectivity index (χ1) is 27.5. The molecule has 7 heterocycles. The number of aliphatic hydroxyl groups excluding tert-OH is 4. The van der Waals surface area contributed by atoms with Crippen molar-refractivity contribution in [2.75, 3.05) is 19.8 Å². The van der Waals surface area contributed by atoms with Crippen LogP contribution in [0.4, 0.5) is 0 Å². The normalized spacial score (nSPS) is 24.8. The Labute approximate surface area is 324 Å². The van der Waals surface area contributed by atoms with E-state index in [2.05, 4.69) is 21.4 Å². The molecule has 8 N–H and O–H groups in total. The number of carbonyl (C=O) groups excluding carboxylic acids is 1. The summed E-state index contributed by atoms with van der Waals surface area (Å²) in [7, 11) is 0. The van der Waals surface area contributed by atoms with Gasteiger partial charge in [0.05, 0.1) is 35.1 Å². The van der Waals surface area contributed by atoms with Gasteiger partial charge in [-0.2, -0.15) is 0 Å². The Balaban J connectivity index is 1.07. The topological polar surface area (TPSA) is 230 Å². The number of carbonyl (C=O) groups is 1. The highest BCUT2D eigenvalue weighted by molar-refractivity contribution is 5.91. The predicted molar refractivity (Wildman–Crippen MR) is 206 cm³/mol. The summed E-state index contributed by atoms with van der Waals surface area (Å²) in [5.41, 5.74) is 0.152. The van der Waals surface area contributed by atoms with E-state index < -0.39 is 48.8 Å². The number of allylic oxidation sites excluding steroid dienone is 1. The fraction of sp³-hybridized carbons (Fsp3) is 0.415. The predicted octanol–water partition coefficient (Wildman–Crippen LogP) is 2.26. The van der Waals surface area contributed by atoms with Gasteiger partial charge < -0.3 is 59.1 Å². The summed E-state index contributed by atoms with van der Waals surface area (Å²) in [6.45, 7) is 0.350. The highest BCUT2D eigenvalue weighted by Gasteiger charge is 2.52. The third kappa shape index (κ3) is 6.46. The first-order valence-corrected chi connectivity index (χ1v) is 19.1. The van der Waals surface area contributed by atoms with E-state index in [1.807, 2.05) is 35.3 Å². The lowest BCUT2D eigenvalue weighted by molar-refractivity contribution is -0.367. The molecule has 0 saturated carbocycles. The molecule has 1 aromatic carbocycles. The number of rotatable bonds is 12. The summed E-state index contributed by atoms with van der Waals surface area (Å²) in [6.07, 6.45) is 8.14. The van der Waals surface area contributed by atoms with Crippen LogP contribution in [0.2, 0.25) is 0 Å². The van der Waals surface area contributed by atoms with E-state index in [1.165, 1.54) is 6.07 Å². The maximum Gasteiger partial charge on any atom is 0.220 e. The van der Waals surface area contributed by atoms with Gasteiger partial charge in [0.1, 0.15) is 53.7 Å². The number of aliphatic hydroxyl groups is 5. The van der Waals surface area contributed by atoms with Crippen LogP contribution < -0.4 is 15.5 Å². The number of hydrogen-bond acceptors (Lipinski definition) is 11. The SMILES string of the molecule is Cc1cc(=O)c2cc3c(c(-n4cc5cc[nH]c5c4)c2o1)OC1(CC=CC(C2CNC(=O)C2)C1)C(OOCC(O)C(O)(Cn1ccc2[nH]ccc21)C(O)C(O)CO)C3. The zero-order valence-electron chi connectivity index (χ0n) is 31.1. The number of amides is 1. The number of aromatic amines is 2. The Morgan fingerprint density at radius 1 is 1.07 bits per heavy atom. The molecule has 1 fully saturated rings. The van der Waals surface area contributed by atoms with Crippen molar-refractivity contribution in [1.29, 1.82) is 0 Å². The summed E-state index contributed by atoms with van der Waals surface area (Å²) in [4.78, 5) is 44.1. The monoisotopic (exact) mass is 783 g/mol. The Kier molecular flexibility index (Phi) is 9.39. The van der Waals surface area contributed by atoms with Gasteiger partial charge in [0.25, 0.3) is 0 Å². The highest BCUT2D eigenvalue weighted by Crippen LogP contribution is 2.49. The largest absolute Gasteiger partial charge is 0.481 e. The van der Waals surface area contributed by atoms with Gasteiger partial charge in [-0.1, -0.05) is 12.2 Å². The number of fused-ring (bicyclic) bond motifs is 4. The van der Waals surface area contributed by atoms with E-state index in [0.717, 1.165) is 16.4 Å². The van der Waals surface area contributed by atoms with E-state index in [-0.39, 0.29) is 36.1 Å². The lowest BCUT2D eigenvalue weighted by Gasteiger charge is -2.47. The van der Waals surface area contributed by atoms with Gasteiger partial charge in [0, 0.05) is 73.8 Å². The van der Waals surface area contributed by atoms with E-state index >= 15 is 0 Å². The molecular formula is C41H45N5O11. The number of nitrogens with zero attached hydrogens (tertiary/aromatic N) is 2. The second kappa shape index (κ2) is 14.3. The van der Waals surface area contributed by atoms with Crippen molar-refractivity contribution in [1.82, 2.24) is 24.4 Å². The number of aromatic nitrogens is 4. The maximum atomic E-state index is 13.5.